The Morgan fingerprint density at radius 1 is 0.829 bits per heavy atom. The molecule has 1 aromatic rings. The lowest BCUT2D eigenvalue weighted by molar-refractivity contribution is -0.395. The van der Waals surface area contributed by atoms with Gasteiger partial charge in [-0.25, -0.2) is 0 Å². The predicted octanol–water partition coefficient (Wildman–Crippen LogP) is 2.44. The number of aromatic hydroxyl groups is 1. The van der Waals surface area contributed by atoms with Gasteiger partial charge in [0.25, 0.3) is 5.56 Å². The van der Waals surface area contributed by atoms with Crippen molar-refractivity contribution in [2.24, 2.45) is 30.2 Å². The number of aryl methyl sites for hydroxylation is 1. The van der Waals surface area contributed by atoms with Crippen molar-refractivity contribution in [3.63, 3.8) is 0 Å². The van der Waals surface area contributed by atoms with E-state index in [2.05, 4.69) is 5.32 Å². The quantitative estimate of drug-likeness (QED) is 0.0408. The van der Waals surface area contributed by atoms with Crippen molar-refractivity contribution in [1.82, 2.24) is 9.88 Å². The number of rotatable bonds is 24. The number of nitrogens with one attached hydrogen (secondary N) is 1. The van der Waals surface area contributed by atoms with Gasteiger partial charge >= 0.3 is 5.97 Å². The number of methoxy groups -OCH3 is 3. The summed E-state index contributed by atoms with van der Waals surface area (Å²) in [5.41, 5.74) is -1.31. The minimum absolute atomic E-state index is 0.0414. The van der Waals surface area contributed by atoms with E-state index in [0.29, 0.717) is 5.57 Å². The molecular formula is C59H86N2O21. The molecule has 5 heterocycles. The molecule has 9 N–H and O–H groups in total. The number of carbonyl (C=O) groups excluding carboxylic acids is 2. The molecule has 18 unspecified atom stereocenters. The first-order valence-corrected chi connectivity index (χ1v) is 27.4. The van der Waals surface area contributed by atoms with Crippen LogP contribution < -0.4 is 10.9 Å². The molecule has 0 aromatic carbocycles. The van der Waals surface area contributed by atoms with Crippen LogP contribution >= 0.6 is 0 Å². The zero-order valence-electron chi connectivity index (χ0n) is 48.9. The number of aliphatic hydroxyl groups excluding tert-OH is 5. The van der Waals surface area contributed by atoms with Gasteiger partial charge in [0.2, 0.25) is 11.7 Å². The Kier molecular flexibility index (Phi) is 24.5. The van der Waals surface area contributed by atoms with Crippen LogP contribution in [-0.2, 0) is 59.3 Å². The second-order valence-electron chi connectivity index (χ2n) is 21.8. The van der Waals surface area contributed by atoms with Gasteiger partial charge in [-0.2, -0.15) is 0 Å². The van der Waals surface area contributed by atoms with E-state index >= 15 is 0 Å². The topological polar surface area (TPSA) is 330 Å². The monoisotopic (exact) mass is 1160 g/mol. The van der Waals surface area contributed by atoms with Gasteiger partial charge in [-0.3, -0.25) is 19.2 Å². The standard InChI is InChI=1S/C59H86N2O21/c1-14-16-18-26-38-58(8,9)52(81-56-43(65)40(55(71)72)48(33(6)77-56)80-57-50(76-13)45(67)49(75-12)34(7)78-57)51(68)59(73,82-38)35(15-2)53(69)60-28-22-21-24-31(4)46(74-11)32(5)47-44(66)42(64)37(79-47)25-20-17-19-23-30(3)41(63)39-36(62)27-29-61(10)54(39)70/h14,16-27,29,32-35,37-38,40,42-52,56-57,62,64-68,73H,15,28H2,1-13H3,(H,60,69)(H,71,72)/b16-14-,19-17+,22-21+,25-20+,26-18+,30-23+,31-24+/t32-,33?,34?,35-,37?,38?,40?,42?,43?,44?,45?,46-,47?,48?,49?,50?,51?,52?,56?,57?,59?/m1/s1. The molecular weight excluding hydrogens is 1070 g/mol. The molecule has 4 saturated heterocycles. The average Bonchev–Trinajstić information content (AvgIpc) is 3.35. The highest BCUT2D eigenvalue weighted by Crippen LogP contribution is 2.48. The number of carbonyl (C=O) groups is 3. The number of hydrogen-bond donors (Lipinski definition) is 9. The van der Waals surface area contributed by atoms with Gasteiger partial charge in [-0.1, -0.05) is 101 Å². The highest BCUT2D eigenvalue weighted by atomic mass is 16.7. The Morgan fingerprint density at radius 2 is 1.48 bits per heavy atom. The van der Waals surface area contributed by atoms with Crippen LogP contribution in [0.25, 0.3) is 0 Å². The zero-order chi connectivity index (χ0) is 61.1. The van der Waals surface area contributed by atoms with Crippen LogP contribution in [0.15, 0.2) is 101 Å². The summed E-state index contributed by atoms with van der Waals surface area (Å²) in [5.74, 6) is -9.46. The minimum Gasteiger partial charge on any atom is -0.507 e. The molecule has 0 spiro atoms. The van der Waals surface area contributed by atoms with Crippen molar-refractivity contribution < 1.29 is 97.9 Å². The van der Waals surface area contributed by atoms with E-state index in [1.807, 2.05) is 0 Å². The van der Waals surface area contributed by atoms with Crippen molar-refractivity contribution in [2.75, 3.05) is 27.9 Å². The molecule has 23 nitrogen and oxygen atoms in total. The lowest BCUT2D eigenvalue weighted by Gasteiger charge is -2.55. The van der Waals surface area contributed by atoms with Crippen molar-refractivity contribution in [3.8, 4) is 5.75 Å². The third-order valence-electron chi connectivity index (χ3n) is 15.9. The predicted molar refractivity (Wildman–Crippen MR) is 297 cm³/mol. The highest BCUT2D eigenvalue weighted by Gasteiger charge is 2.63. The van der Waals surface area contributed by atoms with E-state index in [1.54, 1.807) is 115 Å². The number of hydrogen-bond acceptors (Lipinski definition) is 20. The van der Waals surface area contributed by atoms with Gasteiger partial charge < -0.3 is 93.4 Å². The number of pyridine rings is 1. The molecule has 82 heavy (non-hydrogen) atoms. The average molecular weight is 1160 g/mol. The molecule has 4 aliphatic rings. The lowest BCUT2D eigenvalue weighted by atomic mass is 9.70. The van der Waals surface area contributed by atoms with Crippen molar-refractivity contribution in [3.05, 3.63) is 112 Å². The summed E-state index contributed by atoms with van der Waals surface area (Å²) in [5, 5.41) is 92.9. The van der Waals surface area contributed by atoms with Crippen molar-refractivity contribution in [2.45, 2.75) is 179 Å². The van der Waals surface area contributed by atoms with Gasteiger partial charge in [0.15, 0.2) is 18.4 Å². The number of aromatic nitrogens is 1. The fraction of sp³-hybridized carbons (Fsp3) is 0.627. The van der Waals surface area contributed by atoms with E-state index in [9.17, 15) is 60.0 Å². The molecule has 1 amide bonds. The first-order chi connectivity index (χ1) is 38.7. The van der Waals surface area contributed by atoms with E-state index in [4.69, 9.17) is 42.6 Å². The van der Waals surface area contributed by atoms with Gasteiger partial charge in [0, 0.05) is 52.5 Å². The molecule has 21 atom stereocenters. The Bertz CT molecular complexity index is 2610. The van der Waals surface area contributed by atoms with Crippen LogP contribution in [0, 0.1) is 23.2 Å². The van der Waals surface area contributed by atoms with E-state index in [-0.39, 0.29) is 24.1 Å². The minimum atomic E-state index is -2.62. The second kappa shape index (κ2) is 29.6. The summed E-state index contributed by atoms with van der Waals surface area (Å²) in [6, 6.07) is 1.26. The number of carboxylic acid groups (broad SMARTS) is 1. The Hall–Kier alpha value is -5.06. The van der Waals surface area contributed by atoms with Crippen LogP contribution in [0.4, 0.5) is 0 Å². The summed E-state index contributed by atoms with van der Waals surface area (Å²) in [4.78, 5) is 52.4. The first kappa shape index (κ1) is 67.7. The van der Waals surface area contributed by atoms with Gasteiger partial charge in [0.05, 0.1) is 42.5 Å². The smallest absolute Gasteiger partial charge is 0.312 e. The molecule has 1 aromatic heterocycles. The number of Topliss-reactive ketones (excluding diaryl/α,β-unsaturated/α-hetero) is 1. The summed E-state index contributed by atoms with van der Waals surface area (Å²) < 4.78 is 54.9. The van der Waals surface area contributed by atoms with Gasteiger partial charge in [-0.15, -0.1) is 0 Å². The molecule has 0 aliphatic carbocycles. The molecule has 4 fully saturated rings. The number of allylic oxidation sites excluding steroid dienone is 10. The maximum atomic E-state index is 14.1. The van der Waals surface area contributed by atoms with E-state index in [1.165, 1.54) is 65.1 Å². The third-order valence-corrected chi connectivity index (χ3v) is 15.9. The fourth-order valence-electron chi connectivity index (χ4n) is 11.1. The molecule has 0 radical (unpaired) electrons. The lowest BCUT2D eigenvalue weighted by Crippen LogP contribution is -2.71. The van der Waals surface area contributed by atoms with Crippen LogP contribution in [-0.4, -0.2) is 201 Å². The SMILES string of the molecule is C/C=C\C=C\C1OC(O)([C@H](CC)C(=O)NC/C=C/C=C(\C)[C@@H](OC)[C@@H](C)C2OC(/C=C/C=C/C=C(\C)C(=O)c3c(O)ccn(C)c3=O)C(O)C2O)C(O)C(OC2OC(C)C(OC3OC(C)C(OC)C(O)C3OC)C(C(=O)O)C2O)C1(C)C. The highest BCUT2D eigenvalue weighted by molar-refractivity contribution is 6.09. The molecule has 458 valence electrons. The number of amides is 1. The normalized spacial score (nSPS) is 36.0. The zero-order valence-corrected chi connectivity index (χ0v) is 48.9. The molecule has 0 bridgehead atoms. The number of aliphatic hydroxyl groups is 6. The molecule has 4 aliphatic heterocycles. The van der Waals surface area contributed by atoms with E-state index in [0.717, 1.165) is 0 Å². The number of aliphatic carboxylic acids is 1. The Balaban J connectivity index is 1.25. The molecule has 5 rings (SSSR count). The van der Waals surface area contributed by atoms with Crippen LogP contribution in [0.2, 0.25) is 0 Å². The maximum absolute atomic E-state index is 14.1. The number of ether oxygens (including phenoxy) is 9. The summed E-state index contributed by atoms with van der Waals surface area (Å²) in [7, 11) is 5.68. The molecule has 23 heteroatoms. The Labute approximate surface area is 478 Å². The summed E-state index contributed by atoms with van der Waals surface area (Å²) in [6.07, 6.45) is 0.111. The summed E-state index contributed by atoms with van der Waals surface area (Å²) in [6.45, 7) is 15.0. The number of ketones is 1. The maximum Gasteiger partial charge on any atom is 0.312 e. The number of carboxylic acids is 1. The molecule has 0 saturated carbocycles. The first-order valence-electron chi connectivity index (χ1n) is 27.4. The van der Waals surface area contributed by atoms with Crippen LogP contribution in [0.1, 0.15) is 79.1 Å². The van der Waals surface area contributed by atoms with Crippen molar-refractivity contribution in [1.29, 1.82) is 0 Å². The Morgan fingerprint density at radius 3 is 2.10 bits per heavy atom. The third kappa shape index (κ3) is 14.9. The number of nitrogens with zero attached hydrogens (tertiary/aromatic N) is 1. The van der Waals surface area contributed by atoms with E-state index < -0.39 is 162 Å². The van der Waals surface area contributed by atoms with Gasteiger partial charge in [-0.05, 0) is 58.3 Å². The van der Waals surface area contributed by atoms with Gasteiger partial charge in [0.1, 0.15) is 72.2 Å². The fourth-order valence-corrected chi connectivity index (χ4v) is 11.1. The van der Waals surface area contributed by atoms with Crippen LogP contribution in [0.5, 0.6) is 5.75 Å². The second-order valence-corrected chi connectivity index (χ2v) is 21.8. The summed E-state index contributed by atoms with van der Waals surface area (Å²) >= 11 is 0. The van der Waals surface area contributed by atoms with Crippen LogP contribution in [0.3, 0.4) is 0 Å². The largest absolute Gasteiger partial charge is 0.507 e. The van der Waals surface area contributed by atoms with Crippen molar-refractivity contribution >= 4 is 17.7 Å².